The normalized spacial score (nSPS) is 13.9. The van der Waals surface area contributed by atoms with E-state index < -0.39 is 5.91 Å². The molecule has 0 radical (unpaired) electrons. The van der Waals surface area contributed by atoms with Crippen molar-refractivity contribution in [2.45, 2.75) is 20.8 Å². The van der Waals surface area contributed by atoms with Gasteiger partial charge in [-0.25, -0.2) is 4.90 Å². The summed E-state index contributed by atoms with van der Waals surface area (Å²) in [6.45, 7) is 5.85. The van der Waals surface area contributed by atoms with E-state index in [9.17, 15) is 9.59 Å². The van der Waals surface area contributed by atoms with Crippen LogP contribution < -0.4 is 10.2 Å². The van der Waals surface area contributed by atoms with Gasteiger partial charge in [-0.2, -0.15) is 0 Å². The Bertz CT molecular complexity index is 1180. The molecule has 0 saturated carbocycles. The minimum atomic E-state index is -0.392. The van der Waals surface area contributed by atoms with Gasteiger partial charge in [0, 0.05) is 10.7 Å². The maximum Gasteiger partial charge on any atom is 0.282 e. The number of nitrogens with one attached hydrogen (secondary N) is 1. The SMILES string of the molecule is Cc1ccc(C2=C(Nc3ccc(C)c(Cl)c3)C(=O)N(c3ccc(C)cc3)C2=O)cc1. The van der Waals surface area contributed by atoms with Crippen LogP contribution in [-0.4, -0.2) is 11.8 Å². The highest BCUT2D eigenvalue weighted by Crippen LogP contribution is 2.34. The molecule has 150 valence electrons. The third-order valence-corrected chi connectivity index (χ3v) is 5.56. The second kappa shape index (κ2) is 7.81. The Kier molecular flexibility index (Phi) is 5.18. The number of imide groups is 1. The average Bonchev–Trinajstić information content (AvgIpc) is 2.96. The number of carbonyl (C=O) groups excluding carboxylic acids is 2. The van der Waals surface area contributed by atoms with E-state index in [-0.39, 0.29) is 11.6 Å². The molecule has 0 bridgehead atoms. The molecule has 0 fully saturated rings. The smallest absolute Gasteiger partial charge is 0.282 e. The van der Waals surface area contributed by atoms with E-state index in [1.807, 2.05) is 69.3 Å². The number of amides is 2. The van der Waals surface area contributed by atoms with Gasteiger partial charge in [0.1, 0.15) is 5.70 Å². The minimum Gasteiger partial charge on any atom is -0.350 e. The Hall–Kier alpha value is -3.37. The molecule has 1 aliphatic rings. The van der Waals surface area contributed by atoms with Crippen LogP contribution in [0.4, 0.5) is 11.4 Å². The third kappa shape index (κ3) is 3.62. The lowest BCUT2D eigenvalue weighted by Crippen LogP contribution is -2.32. The van der Waals surface area contributed by atoms with E-state index in [0.717, 1.165) is 16.7 Å². The number of rotatable bonds is 4. The van der Waals surface area contributed by atoms with Crippen molar-refractivity contribution in [3.8, 4) is 0 Å². The van der Waals surface area contributed by atoms with E-state index >= 15 is 0 Å². The summed E-state index contributed by atoms with van der Waals surface area (Å²) in [5, 5.41) is 3.73. The summed E-state index contributed by atoms with van der Waals surface area (Å²) in [5.41, 5.74) is 5.53. The van der Waals surface area contributed by atoms with Crippen LogP contribution in [0.1, 0.15) is 22.3 Å². The van der Waals surface area contributed by atoms with E-state index in [1.165, 1.54) is 4.90 Å². The molecule has 1 N–H and O–H groups in total. The summed E-state index contributed by atoms with van der Waals surface area (Å²) in [4.78, 5) is 28.0. The molecule has 30 heavy (non-hydrogen) atoms. The van der Waals surface area contributed by atoms with Crippen molar-refractivity contribution in [3.05, 3.63) is 99.7 Å². The zero-order chi connectivity index (χ0) is 21.4. The van der Waals surface area contributed by atoms with Gasteiger partial charge in [-0.1, -0.05) is 65.2 Å². The van der Waals surface area contributed by atoms with Crippen LogP contribution in [0.15, 0.2) is 72.4 Å². The first-order chi connectivity index (χ1) is 14.3. The summed E-state index contributed by atoms with van der Waals surface area (Å²) in [6, 6.07) is 20.4. The molecule has 3 aromatic carbocycles. The van der Waals surface area contributed by atoms with Crippen LogP contribution in [0.2, 0.25) is 5.02 Å². The second-order valence-electron chi connectivity index (χ2n) is 7.49. The summed E-state index contributed by atoms with van der Waals surface area (Å²) >= 11 is 6.26. The van der Waals surface area contributed by atoms with Crippen LogP contribution in [0.3, 0.4) is 0 Å². The van der Waals surface area contributed by atoms with Crippen LogP contribution in [0, 0.1) is 20.8 Å². The Balaban J connectivity index is 1.82. The van der Waals surface area contributed by atoms with Gasteiger partial charge in [0.2, 0.25) is 0 Å². The van der Waals surface area contributed by atoms with Gasteiger partial charge in [0.05, 0.1) is 11.3 Å². The van der Waals surface area contributed by atoms with Gasteiger partial charge in [-0.15, -0.1) is 0 Å². The van der Waals surface area contributed by atoms with E-state index in [1.54, 1.807) is 18.2 Å². The summed E-state index contributed by atoms with van der Waals surface area (Å²) in [7, 11) is 0. The van der Waals surface area contributed by atoms with Crippen LogP contribution >= 0.6 is 11.6 Å². The third-order valence-electron chi connectivity index (χ3n) is 5.16. The summed E-state index contributed by atoms with van der Waals surface area (Å²) in [6.07, 6.45) is 0. The zero-order valence-electron chi connectivity index (χ0n) is 17.0. The largest absolute Gasteiger partial charge is 0.350 e. The van der Waals surface area contributed by atoms with Crippen molar-refractivity contribution < 1.29 is 9.59 Å². The maximum atomic E-state index is 13.4. The van der Waals surface area contributed by atoms with Crippen LogP contribution in [0.5, 0.6) is 0 Å². The van der Waals surface area contributed by atoms with Crippen molar-refractivity contribution in [2.75, 3.05) is 10.2 Å². The monoisotopic (exact) mass is 416 g/mol. The molecule has 1 heterocycles. The Morgan fingerprint density at radius 3 is 1.97 bits per heavy atom. The number of aryl methyl sites for hydroxylation is 3. The van der Waals surface area contributed by atoms with Gasteiger partial charge in [0.15, 0.2) is 0 Å². The quantitative estimate of drug-likeness (QED) is 0.558. The molecule has 5 heteroatoms. The van der Waals surface area contributed by atoms with Crippen molar-refractivity contribution in [3.63, 3.8) is 0 Å². The van der Waals surface area contributed by atoms with Gasteiger partial charge in [-0.3, -0.25) is 9.59 Å². The standard InChI is InChI=1S/C25H21ClN2O2/c1-15-4-9-18(10-5-15)22-23(27-19-11-8-17(3)21(26)14-19)25(30)28(24(22)29)20-12-6-16(2)7-13-20/h4-14,27H,1-3H3. The highest BCUT2D eigenvalue weighted by molar-refractivity contribution is 6.46. The molecule has 0 unspecified atom stereocenters. The van der Waals surface area contributed by atoms with Gasteiger partial charge >= 0.3 is 0 Å². The topological polar surface area (TPSA) is 49.4 Å². The van der Waals surface area contributed by atoms with E-state index in [2.05, 4.69) is 5.32 Å². The van der Waals surface area contributed by atoms with Gasteiger partial charge < -0.3 is 5.32 Å². The molecule has 1 aliphatic heterocycles. The Morgan fingerprint density at radius 2 is 1.37 bits per heavy atom. The van der Waals surface area contributed by atoms with E-state index in [0.29, 0.717) is 27.5 Å². The molecule has 0 aliphatic carbocycles. The molecule has 4 rings (SSSR count). The summed E-state index contributed by atoms with van der Waals surface area (Å²) in [5.74, 6) is -0.746. The first-order valence-corrected chi connectivity index (χ1v) is 10.0. The number of anilines is 2. The summed E-state index contributed by atoms with van der Waals surface area (Å²) < 4.78 is 0. The number of benzene rings is 3. The predicted octanol–water partition coefficient (Wildman–Crippen LogP) is 5.66. The molecule has 0 atom stereocenters. The molecule has 0 aromatic heterocycles. The number of nitrogens with zero attached hydrogens (tertiary/aromatic N) is 1. The lowest BCUT2D eigenvalue weighted by Gasteiger charge is -2.15. The highest BCUT2D eigenvalue weighted by atomic mass is 35.5. The fourth-order valence-corrected chi connectivity index (χ4v) is 3.56. The Labute approximate surface area is 180 Å². The first-order valence-electron chi connectivity index (χ1n) is 9.65. The zero-order valence-corrected chi connectivity index (χ0v) is 17.7. The molecule has 0 saturated heterocycles. The van der Waals surface area contributed by atoms with E-state index in [4.69, 9.17) is 11.6 Å². The lowest BCUT2D eigenvalue weighted by molar-refractivity contribution is -0.120. The van der Waals surface area contributed by atoms with Crippen LogP contribution in [0.25, 0.3) is 5.57 Å². The fraction of sp³-hybridized carbons (Fsp3) is 0.120. The van der Waals surface area contributed by atoms with Crippen molar-refractivity contribution in [1.82, 2.24) is 0 Å². The molecule has 4 nitrogen and oxygen atoms in total. The minimum absolute atomic E-state index is 0.240. The number of hydrogen-bond donors (Lipinski definition) is 1. The number of carbonyl (C=O) groups is 2. The molecular formula is C25H21ClN2O2. The van der Waals surface area contributed by atoms with Gasteiger partial charge in [-0.05, 0) is 56.2 Å². The van der Waals surface area contributed by atoms with Gasteiger partial charge in [0.25, 0.3) is 11.8 Å². The second-order valence-corrected chi connectivity index (χ2v) is 7.89. The fourth-order valence-electron chi connectivity index (χ4n) is 3.38. The van der Waals surface area contributed by atoms with Crippen molar-refractivity contribution in [2.24, 2.45) is 0 Å². The highest BCUT2D eigenvalue weighted by Gasteiger charge is 2.40. The first kappa shape index (κ1) is 19.9. The van der Waals surface area contributed by atoms with Crippen molar-refractivity contribution >= 4 is 40.4 Å². The molecule has 2 amide bonds. The van der Waals surface area contributed by atoms with Crippen LogP contribution in [-0.2, 0) is 9.59 Å². The number of hydrogen-bond acceptors (Lipinski definition) is 3. The maximum absolute atomic E-state index is 13.4. The Morgan fingerprint density at radius 1 is 0.767 bits per heavy atom. The lowest BCUT2D eigenvalue weighted by atomic mass is 10.0. The van der Waals surface area contributed by atoms with Crippen molar-refractivity contribution in [1.29, 1.82) is 0 Å². The molecular weight excluding hydrogens is 396 g/mol. The molecule has 3 aromatic rings. The predicted molar refractivity (Wildman–Crippen MR) is 122 cm³/mol. The molecule has 0 spiro atoms. The number of halogens is 1. The average molecular weight is 417 g/mol.